The van der Waals surface area contributed by atoms with Gasteiger partial charge in [-0.15, -0.1) is 0 Å². The summed E-state index contributed by atoms with van der Waals surface area (Å²) in [5.74, 6) is 0.635. The highest BCUT2D eigenvalue weighted by molar-refractivity contribution is 7.89. The van der Waals surface area contributed by atoms with Crippen molar-refractivity contribution >= 4 is 15.9 Å². The Balaban J connectivity index is 1.77. The number of hydrogen-bond donors (Lipinski definition) is 0. The number of carbonyl (C=O) groups excluding carboxylic acids is 1. The van der Waals surface area contributed by atoms with Crippen LogP contribution in [0.25, 0.3) is 0 Å². The van der Waals surface area contributed by atoms with Crippen LogP contribution >= 0.6 is 0 Å². The highest BCUT2D eigenvalue weighted by atomic mass is 32.2. The summed E-state index contributed by atoms with van der Waals surface area (Å²) < 4.78 is 39.9. The fourth-order valence-corrected chi connectivity index (χ4v) is 6.52. The van der Waals surface area contributed by atoms with Crippen molar-refractivity contribution in [3.63, 3.8) is 0 Å². The van der Waals surface area contributed by atoms with E-state index in [9.17, 15) is 13.2 Å². The molecule has 1 aromatic rings. The number of piperidine rings is 1. The second kappa shape index (κ2) is 6.67. The van der Waals surface area contributed by atoms with Crippen molar-refractivity contribution in [3.8, 4) is 11.5 Å². The molecule has 27 heavy (non-hydrogen) atoms. The quantitative estimate of drug-likeness (QED) is 0.784. The van der Waals surface area contributed by atoms with Crippen LogP contribution in [0.4, 0.5) is 0 Å². The van der Waals surface area contributed by atoms with Crippen LogP contribution in [0.3, 0.4) is 0 Å². The van der Waals surface area contributed by atoms with Crippen molar-refractivity contribution in [2.75, 3.05) is 26.3 Å². The summed E-state index contributed by atoms with van der Waals surface area (Å²) in [5, 5.41) is 0. The van der Waals surface area contributed by atoms with Crippen molar-refractivity contribution in [2.24, 2.45) is 0 Å². The molecule has 1 amide bonds. The second-order valence-corrected chi connectivity index (χ2v) is 9.52. The zero-order chi connectivity index (χ0) is 19.2. The summed E-state index contributed by atoms with van der Waals surface area (Å²) in [7, 11) is -3.89. The number of para-hydroxylation sites is 1. The number of rotatable bonds is 3. The smallest absolute Gasteiger partial charge is 0.247 e. The predicted octanol–water partition coefficient (Wildman–Crippen LogP) is 2.01. The normalized spacial score (nSPS) is 26.2. The Kier molecular flexibility index (Phi) is 4.58. The zero-order valence-electron chi connectivity index (χ0n) is 15.8. The minimum absolute atomic E-state index is 0.0565. The fourth-order valence-electron chi connectivity index (χ4n) is 4.55. The van der Waals surface area contributed by atoms with Crippen LogP contribution in [-0.4, -0.2) is 61.4 Å². The van der Waals surface area contributed by atoms with E-state index in [0.29, 0.717) is 51.3 Å². The average Bonchev–Trinajstić information content (AvgIpc) is 3.08. The van der Waals surface area contributed by atoms with Gasteiger partial charge < -0.3 is 14.4 Å². The Morgan fingerprint density at radius 2 is 1.78 bits per heavy atom. The van der Waals surface area contributed by atoms with Crippen molar-refractivity contribution in [1.29, 1.82) is 0 Å². The van der Waals surface area contributed by atoms with E-state index in [1.165, 1.54) is 4.31 Å². The van der Waals surface area contributed by atoms with E-state index in [-0.39, 0.29) is 22.6 Å². The van der Waals surface area contributed by atoms with Crippen LogP contribution in [0.1, 0.15) is 39.5 Å². The van der Waals surface area contributed by atoms with Crippen molar-refractivity contribution in [3.05, 3.63) is 18.2 Å². The predicted molar refractivity (Wildman–Crippen MR) is 99.4 cm³/mol. The maximum atomic E-state index is 13.6. The van der Waals surface area contributed by atoms with E-state index >= 15 is 0 Å². The molecule has 2 saturated heterocycles. The van der Waals surface area contributed by atoms with Crippen LogP contribution in [0, 0.1) is 0 Å². The number of amides is 1. The molecule has 3 heterocycles. The lowest BCUT2D eigenvalue weighted by molar-refractivity contribution is -0.146. The van der Waals surface area contributed by atoms with E-state index < -0.39 is 15.6 Å². The lowest BCUT2D eigenvalue weighted by Crippen LogP contribution is -2.62. The van der Waals surface area contributed by atoms with E-state index in [0.717, 1.165) is 6.42 Å². The average molecular weight is 394 g/mol. The number of benzene rings is 1. The first-order valence-electron chi connectivity index (χ1n) is 9.60. The topological polar surface area (TPSA) is 76.2 Å². The number of nitrogens with zero attached hydrogens (tertiary/aromatic N) is 2. The highest BCUT2D eigenvalue weighted by Crippen LogP contribution is 2.45. The molecular weight excluding hydrogens is 368 g/mol. The first-order valence-corrected chi connectivity index (χ1v) is 11.0. The molecule has 0 N–H and O–H groups in total. The third-order valence-electron chi connectivity index (χ3n) is 5.80. The number of sulfonamides is 1. The first kappa shape index (κ1) is 18.6. The van der Waals surface area contributed by atoms with Gasteiger partial charge in [0.1, 0.15) is 23.6 Å². The number of likely N-dealkylation sites (tertiary alicyclic amines) is 1. The summed E-state index contributed by atoms with van der Waals surface area (Å²) >= 11 is 0. The molecule has 1 unspecified atom stereocenters. The number of fused-ring (bicyclic) bond motifs is 1. The minimum atomic E-state index is -3.89. The van der Waals surface area contributed by atoms with Crippen molar-refractivity contribution < 1.29 is 22.7 Å². The molecule has 0 aliphatic carbocycles. The second-order valence-electron chi connectivity index (χ2n) is 7.69. The maximum Gasteiger partial charge on any atom is 0.247 e. The zero-order valence-corrected chi connectivity index (χ0v) is 16.6. The summed E-state index contributed by atoms with van der Waals surface area (Å²) in [6.45, 7) is 5.69. The Bertz CT molecular complexity index is 854. The Morgan fingerprint density at radius 3 is 2.52 bits per heavy atom. The van der Waals surface area contributed by atoms with Gasteiger partial charge in [-0.05, 0) is 51.7 Å². The Labute approximate surface area is 160 Å². The molecule has 148 valence electrons. The van der Waals surface area contributed by atoms with Crippen LogP contribution in [-0.2, 0) is 14.8 Å². The molecule has 0 saturated carbocycles. The highest BCUT2D eigenvalue weighted by Gasteiger charge is 2.56. The van der Waals surface area contributed by atoms with Gasteiger partial charge in [0, 0.05) is 19.1 Å². The third-order valence-corrected chi connectivity index (χ3v) is 7.79. The van der Waals surface area contributed by atoms with Crippen LogP contribution in [0.15, 0.2) is 23.1 Å². The molecule has 4 rings (SSSR count). The van der Waals surface area contributed by atoms with Gasteiger partial charge in [-0.2, -0.15) is 4.31 Å². The molecule has 0 aromatic heterocycles. The van der Waals surface area contributed by atoms with E-state index in [2.05, 4.69) is 0 Å². The van der Waals surface area contributed by atoms with Gasteiger partial charge in [0.2, 0.25) is 15.9 Å². The Morgan fingerprint density at radius 1 is 1.07 bits per heavy atom. The summed E-state index contributed by atoms with van der Waals surface area (Å²) in [6.07, 6.45) is 2.63. The molecular formula is C19H26N2O5S. The standard InChI is InChI=1S/C19H26N2O5S/c1-14(2)20-10-4-8-19(18(20)22)9-5-11-21(19)27(23,24)16-7-3-6-15-17(16)26-13-12-25-15/h3,6-7,14H,4-5,8-13H2,1-2H3. The lowest BCUT2D eigenvalue weighted by Gasteiger charge is -2.45. The summed E-state index contributed by atoms with van der Waals surface area (Å²) in [5.41, 5.74) is -0.973. The third kappa shape index (κ3) is 2.81. The number of hydrogen-bond acceptors (Lipinski definition) is 5. The fraction of sp³-hybridized carbons (Fsp3) is 0.632. The van der Waals surface area contributed by atoms with Crippen molar-refractivity contribution in [1.82, 2.24) is 9.21 Å². The molecule has 8 heteroatoms. The van der Waals surface area contributed by atoms with Gasteiger partial charge in [0.15, 0.2) is 11.5 Å². The monoisotopic (exact) mass is 394 g/mol. The van der Waals surface area contributed by atoms with Crippen molar-refractivity contribution in [2.45, 2.75) is 56.0 Å². The first-order chi connectivity index (χ1) is 12.9. The molecule has 1 aromatic carbocycles. The molecule has 0 bridgehead atoms. The maximum absolute atomic E-state index is 13.6. The van der Waals surface area contributed by atoms with Crippen LogP contribution in [0.5, 0.6) is 11.5 Å². The molecule has 3 aliphatic rings. The minimum Gasteiger partial charge on any atom is -0.486 e. The number of ether oxygens (including phenoxy) is 2. The summed E-state index contributed by atoms with van der Waals surface area (Å²) in [6, 6.07) is 4.97. The van der Waals surface area contributed by atoms with Crippen LogP contribution in [0.2, 0.25) is 0 Å². The molecule has 7 nitrogen and oxygen atoms in total. The van der Waals surface area contributed by atoms with Gasteiger partial charge in [0.05, 0.1) is 0 Å². The molecule has 2 fully saturated rings. The van der Waals surface area contributed by atoms with E-state index in [1.54, 1.807) is 18.2 Å². The van der Waals surface area contributed by atoms with E-state index in [4.69, 9.17) is 9.47 Å². The largest absolute Gasteiger partial charge is 0.486 e. The van der Waals surface area contributed by atoms with Gasteiger partial charge in [-0.25, -0.2) is 8.42 Å². The van der Waals surface area contributed by atoms with Gasteiger partial charge in [0.25, 0.3) is 0 Å². The van der Waals surface area contributed by atoms with Gasteiger partial charge in [-0.1, -0.05) is 6.07 Å². The van der Waals surface area contributed by atoms with Gasteiger partial charge in [-0.3, -0.25) is 4.79 Å². The van der Waals surface area contributed by atoms with E-state index in [1.807, 2.05) is 18.7 Å². The molecule has 0 radical (unpaired) electrons. The van der Waals surface area contributed by atoms with Gasteiger partial charge >= 0.3 is 0 Å². The lowest BCUT2D eigenvalue weighted by atomic mass is 9.86. The molecule has 3 aliphatic heterocycles. The Hall–Kier alpha value is -1.80. The molecule has 1 atom stereocenters. The molecule has 1 spiro atoms. The number of carbonyl (C=O) groups is 1. The summed E-state index contributed by atoms with van der Waals surface area (Å²) in [4.78, 5) is 15.2. The van der Waals surface area contributed by atoms with Crippen LogP contribution < -0.4 is 9.47 Å². The SMILES string of the molecule is CC(C)N1CCCC2(CCCN2S(=O)(=O)c2cccc3c2OCCO3)C1=O.